The smallest absolute Gasteiger partial charge is 0.289 e. The summed E-state index contributed by atoms with van der Waals surface area (Å²) < 4.78 is 4.84. The summed E-state index contributed by atoms with van der Waals surface area (Å²) in [4.78, 5) is 21.7. The molecule has 0 saturated carbocycles. The molecule has 1 atom stereocenters. The van der Waals surface area contributed by atoms with E-state index in [1.54, 1.807) is 0 Å². The van der Waals surface area contributed by atoms with E-state index in [0.717, 1.165) is 0 Å². The van der Waals surface area contributed by atoms with Gasteiger partial charge >= 0.3 is 0 Å². The van der Waals surface area contributed by atoms with Gasteiger partial charge in [0.1, 0.15) is 11.1 Å². The molecule has 0 saturated heterocycles. The van der Waals surface area contributed by atoms with Gasteiger partial charge < -0.3 is 15.8 Å². The van der Waals surface area contributed by atoms with Gasteiger partial charge in [-0.25, -0.2) is 0 Å². The zero-order valence-electron chi connectivity index (χ0n) is 9.55. The Balaban J connectivity index is 2.89. The second-order valence-corrected chi connectivity index (χ2v) is 3.78. The normalized spacial score (nSPS) is 11.9. The molecule has 98 valence electrons. The maximum absolute atomic E-state index is 11.6. The van der Waals surface area contributed by atoms with Crippen LogP contribution < -0.4 is 11.1 Å². The summed E-state index contributed by atoms with van der Waals surface area (Å²) in [7, 11) is 1.35. The van der Waals surface area contributed by atoms with E-state index < -0.39 is 16.9 Å². The van der Waals surface area contributed by atoms with Gasteiger partial charge in [0.05, 0.1) is 4.92 Å². The van der Waals surface area contributed by atoms with Gasteiger partial charge in [-0.3, -0.25) is 14.9 Å². The number of anilines is 1. The second kappa shape index (κ2) is 6.29. The SMILES string of the molecule is COC(CN)C(=O)Nc1ccc(Cl)c([N+](=O)[O-])c1. The average molecular weight is 274 g/mol. The summed E-state index contributed by atoms with van der Waals surface area (Å²) in [6, 6.07) is 3.96. The van der Waals surface area contributed by atoms with Crippen LogP contribution >= 0.6 is 11.6 Å². The molecule has 1 aromatic carbocycles. The highest BCUT2D eigenvalue weighted by Gasteiger charge is 2.18. The van der Waals surface area contributed by atoms with Gasteiger partial charge in [-0.1, -0.05) is 11.6 Å². The molecule has 0 spiro atoms. The molecule has 7 nitrogen and oxygen atoms in total. The van der Waals surface area contributed by atoms with Crippen LogP contribution in [0.5, 0.6) is 0 Å². The molecule has 1 rings (SSSR count). The monoisotopic (exact) mass is 273 g/mol. The van der Waals surface area contributed by atoms with Crippen molar-refractivity contribution in [2.24, 2.45) is 5.73 Å². The third-order valence-corrected chi connectivity index (χ3v) is 2.52. The summed E-state index contributed by atoms with van der Waals surface area (Å²) in [6.07, 6.45) is -0.806. The van der Waals surface area contributed by atoms with E-state index in [1.807, 2.05) is 0 Å². The Labute approximate surface area is 108 Å². The average Bonchev–Trinajstić information content (AvgIpc) is 2.32. The summed E-state index contributed by atoms with van der Waals surface area (Å²) in [5.74, 6) is -0.475. The molecule has 0 aliphatic carbocycles. The molecule has 1 aromatic rings. The van der Waals surface area contributed by atoms with Crippen molar-refractivity contribution in [3.63, 3.8) is 0 Å². The van der Waals surface area contributed by atoms with Crippen molar-refractivity contribution in [3.8, 4) is 0 Å². The fourth-order valence-electron chi connectivity index (χ4n) is 1.26. The van der Waals surface area contributed by atoms with Crippen molar-refractivity contribution in [3.05, 3.63) is 33.3 Å². The van der Waals surface area contributed by atoms with E-state index in [1.165, 1.54) is 25.3 Å². The minimum absolute atomic E-state index is 0.000107. The molecule has 0 heterocycles. The third-order valence-electron chi connectivity index (χ3n) is 2.20. The highest BCUT2D eigenvalue weighted by atomic mass is 35.5. The molecule has 0 bridgehead atoms. The molecular weight excluding hydrogens is 262 g/mol. The number of hydrogen-bond donors (Lipinski definition) is 2. The van der Waals surface area contributed by atoms with Crippen LogP contribution in [0.15, 0.2) is 18.2 Å². The van der Waals surface area contributed by atoms with Crippen molar-refractivity contribution in [2.45, 2.75) is 6.10 Å². The molecule has 8 heteroatoms. The van der Waals surface area contributed by atoms with Gasteiger partial charge in [0.15, 0.2) is 0 Å². The maximum Gasteiger partial charge on any atom is 0.289 e. The lowest BCUT2D eigenvalue weighted by molar-refractivity contribution is -0.384. The van der Waals surface area contributed by atoms with Crippen LogP contribution in [-0.4, -0.2) is 30.6 Å². The van der Waals surface area contributed by atoms with E-state index in [9.17, 15) is 14.9 Å². The number of hydrogen-bond acceptors (Lipinski definition) is 5. The Morgan fingerprint density at radius 2 is 2.33 bits per heavy atom. The van der Waals surface area contributed by atoms with Gasteiger partial charge in [-0.2, -0.15) is 0 Å². The standard InChI is InChI=1S/C10H12ClN3O4/c1-18-9(5-12)10(15)13-6-2-3-7(11)8(4-6)14(16)17/h2-4,9H,5,12H2,1H3,(H,13,15). The quantitative estimate of drug-likeness (QED) is 0.618. The first-order chi connectivity index (χ1) is 8.49. The Bertz CT molecular complexity index is 462. The van der Waals surface area contributed by atoms with Crippen LogP contribution in [0.4, 0.5) is 11.4 Å². The van der Waals surface area contributed by atoms with Crippen LogP contribution in [0.2, 0.25) is 5.02 Å². The molecule has 0 aliphatic heterocycles. The van der Waals surface area contributed by atoms with Crippen molar-refractivity contribution in [1.29, 1.82) is 0 Å². The molecule has 18 heavy (non-hydrogen) atoms. The summed E-state index contributed by atoms with van der Waals surface area (Å²) >= 11 is 5.65. The van der Waals surface area contributed by atoms with Crippen LogP contribution in [0.3, 0.4) is 0 Å². The zero-order chi connectivity index (χ0) is 13.7. The topological polar surface area (TPSA) is 107 Å². The van der Waals surface area contributed by atoms with E-state index in [0.29, 0.717) is 0 Å². The largest absolute Gasteiger partial charge is 0.370 e. The van der Waals surface area contributed by atoms with Crippen LogP contribution in [0.1, 0.15) is 0 Å². The maximum atomic E-state index is 11.6. The van der Waals surface area contributed by atoms with Gasteiger partial charge in [-0.15, -0.1) is 0 Å². The molecule has 0 aromatic heterocycles. The Morgan fingerprint density at radius 1 is 1.67 bits per heavy atom. The minimum Gasteiger partial charge on any atom is -0.370 e. The van der Waals surface area contributed by atoms with Crippen LogP contribution in [0.25, 0.3) is 0 Å². The number of nitro benzene ring substituents is 1. The van der Waals surface area contributed by atoms with E-state index in [-0.39, 0.29) is 22.9 Å². The number of rotatable bonds is 5. The number of carbonyl (C=O) groups excluding carboxylic acids is 1. The highest BCUT2D eigenvalue weighted by molar-refractivity contribution is 6.32. The number of amides is 1. The summed E-state index contributed by atoms with van der Waals surface area (Å²) in [5.41, 5.74) is 5.30. The fourth-order valence-corrected chi connectivity index (χ4v) is 1.45. The lowest BCUT2D eigenvalue weighted by Gasteiger charge is -2.12. The Kier molecular flexibility index (Phi) is 5.02. The number of nitro groups is 1. The zero-order valence-corrected chi connectivity index (χ0v) is 10.3. The number of methoxy groups -OCH3 is 1. The van der Waals surface area contributed by atoms with E-state index in [2.05, 4.69) is 5.32 Å². The summed E-state index contributed by atoms with van der Waals surface area (Å²) in [6.45, 7) is 0.0119. The number of halogens is 1. The van der Waals surface area contributed by atoms with Crippen molar-refractivity contribution >= 4 is 28.9 Å². The van der Waals surface area contributed by atoms with Crippen molar-refractivity contribution in [1.82, 2.24) is 0 Å². The predicted molar refractivity (Wildman–Crippen MR) is 66.6 cm³/mol. The number of nitrogens with zero attached hydrogens (tertiary/aromatic N) is 1. The lowest BCUT2D eigenvalue weighted by atomic mass is 10.2. The summed E-state index contributed by atoms with van der Waals surface area (Å²) in [5, 5.41) is 13.1. The number of nitrogens with two attached hydrogens (primary N) is 1. The molecule has 1 unspecified atom stereocenters. The second-order valence-electron chi connectivity index (χ2n) is 3.37. The minimum atomic E-state index is -0.806. The number of carbonyl (C=O) groups is 1. The van der Waals surface area contributed by atoms with E-state index in [4.69, 9.17) is 22.1 Å². The van der Waals surface area contributed by atoms with Crippen molar-refractivity contribution < 1.29 is 14.5 Å². The highest BCUT2D eigenvalue weighted by Crippen LogP contribution is 2.27. The van der Waals surface area contributed by atoms with Crippen LogP contribution in [-0.2, 0) is 9.53 Å². The lowest BCUT2D eigenvalue weighted by Crippen LogP contribution is -2.35. The number of nitrogens with one attached hydrogen (secondary N) is 1. The number of ether oxygens (including phenoxy) is 1. The number of benzene rings is 1. The molecule has 0 fully saturated rings. The van der Waals surface area contributed by atoms with Gasteiger partial charge in [0.2, 0.25) is 0 Å². The van der Waals surface area contributed by atoms with Gasteiger partial charge in [0, 0.05) is 25.4 Å². The van der Waals surface area contributed by atoms with Crippen LogP contribution in [0, 0.1) is 10.1 Å². The molecule has 3 N–H and O–H groups in total. The van der Waals surface area contributed by atoms with Gasteiger partial charge in [-0.05, 0) is 12.1 Å². The van der Waals surface area contributed by atoms with Gasteiger partial charge in [0.25, 0.3) is 11.6 Å². The fraction of sp³-hybridized carbons (Fsp3) is 0.300. The molecular formula is C10H12ClN3O4. The predicted octanol–water partition coefficient (Wildman–Crippen LogP) is 1.16. The Hall–Kier alpha value is -1.70. The first kappa shape index (κ1) is 14.4. The first-order valence-electron chi connectivity index (χ1n) is 4.97. The first-order valence-corrected chi connectivity index (χ1v) is 5.35. The Morgan fingerprint density at radius 3 is 2.83 bits per heavy atom. The molecule has 0 aliphatic rings. The molecule has 1 amide bonds. The molecule has 0 radical (unpaired) electrons. The third kappa shape index (κ3) is 3.39. The van der Waals surface area contributed by atoms with Crippen molar-refractivity contribution in [2.75, 3.05) is 19.0 Å². The van der Waals surface area contributed by atoms with E-state index >= 15 is 0 Å².